The van der Waals surface area contributed by atoms with Crippen molar-refractivity contribution in [1.82, 2.24) is 4.57 Å². The Morgan fingerprint density at radius 2 is 1.75 bits per heavy atom. The van der Waals surface area contributed by atoms with Gasteiger partial charge in [-0.25, -0.2) is 0 Å². The number of aryl methyl sites for hydroxylation is 1. The van der Waals surface area contributed by atoms with Gasteiger partial charge in [-0.3, -0.25) is 9.59 Å². The standard InChI is InChI=1S/C24H30N2O2/c1-25(20-13-6-3-7-14-20)23(27)21-16-19-12-8-9-15-22(19)26(24(21)28)17-18-10-4-2-5-11-18/h3,6-7,13-14,16,18H,2,4-5,8-12,15,17H2,1H3. The maximum absolute atomic E-state index is 13.4. The molecule has 1 heterocycles. The molecule has 0 spiro atoms. The average Bonchev–Trinajstić information content (AvgIpc) is 2.76. The molecule has 1 amide bonds. The number of carbonyl (C=O) groups is 1. The van der Waals surface area contributed by atoms with Gasteiger partial charge in [-0.05, 0) is 68.2 Å². The molecule has 1 fully saturated rings. The van der Waals surface area contributed by atoms with Crippen LogP contribution in [0.5, 0.6) is 0 Å². The van der Waals surface area contributed by atoms with E-state index in [2.05, 4.69) is 0 Å². The molecule has 148 valence electrons. The molecule has 1 saturated carbocycles. The lowest BCUT2D eigenvalue weighted by Crippen LogP contribution is -2.38. The van der Waals surface area contributed by atoms with Crippen LogP contribution in [0.3, 0.4) is 0 Å². The van der Waals surface area contributed by atoms with Crippen LogP contribution in [0.25, 0.3) is 0 Å². The second kappa shape index (κ2) is 8.34. The molecule has 0 atom stereocenters. The highest BCUT2D eigenvalue weighted by atomic mass is 16.2. The summed E-state index contributed by atoms with van der Waals surface area (Å²) in [6, 6.07) is 11.4. The molecule has 1 aromatic carbocycles. The van der Waals surface area contributed by atoms with Gasteiger partial charge < -0.3 is 9.47 Å². The van der Waals surface area contributed by atoms with E-state index in [9.17, 15) is 9.59 Å². The summed E-state index contributed by atoms with van der Waals surface area (Å²) in [5.41, 5.74) is 3.41. The normalized spacial score (nSPS) is 17.2. The number of rotatable bonds is 4. The molecule has 4 heteroatoms. The molecule has 4 nitrogen and oxygen atoms in total. The zero-order valence-electron chi connectivity index (χ0n) is 16.8. The number of nitrogens with zero attached hydrogens (tertiary/aromatic N) is 2. The molecule has 1 aromatic heterocycles. The maximum Gasteiger partial charge on any atom is 0.263 e. The average molecular weight is 379 g/mol. The Labute approximate surface area is 167 Å². The van der Waals surface area contributed by atoms with Crippen LogP contribution in [0.1, 0.15) is 66.6 Å². The Balaban J connectivity index is 1.72. The number of anilines is 1. The highest BCUT2D eigenvalue weighted by Crippen LogP contribution is 2.27. The third-order valence-electron chi connectivity index (χ3n) is 6.44. The Morgan fingerprint density at radius 1 is 1.04 bits per heavy atom. The Bertz CT molecular complexity index is 895. The second-order valence-corrected chi connectivity index (χ2v) is 8.36. The van der Waals surface area contributed by atoms with Crippen molar-refractivity contribution < 1.29 is 4.79 Å². The monoisotopic (exact) mass is 378 g/mol. The van der Waals surface area contributed by atoms with Gasteiger partial charge in [0.15, 0.2) is 0 Å². The van der Waals surface area contributed by atoms with Gasteiger partial charge in [0.05, 0.1) is 0 Å². The summed E-state index contributed by atoms with van der Waals surface area (Å²) in [6.07, 6.45) is 10.4. The molecule has 0 saturated heterocycles. The van der Waals surface area contributed by atoms with Gasteiger partial charge in [0.25, 0.3) is 11.5 Å². The maximum atomic E-state index is 13.4. The molecule has 2 aromatic rings. The van der Waals surface area contributed by atoms with Crippen LogP contribution >= 0.6 is 0 Å². The minimum Gasteiger partial charge on any atom is -0.311 e. The first-order valence-corrected chi connectivity index (χ1v) is 10.7. The van der Waals surface area contributed by atoms with Crippen LogP contribution in [0.15, 0.2) is 41.2 Å². The van der Waals surface area contributed by atoms with E-state index in [1.807, 2.05) is 41.0 Å². The van der Waals surface area contributed by atoms with Crippen molar-refractivity contribution in [1.29, 1.82) is 0 Å². The Hall–Kier alpha value is -2.36. The van der Waals surface area contributed by atoms with E-state index in [1.54, 1.807) is 11.9 Å². The van der Waals surface area contributed by atoms with Gasteiger partial charge in [0, 0.05) is 25.0 Å². The number of fused-ring (bicyclic) bond motifs is 1. The zero-order valence-corrected chi connectivity index (χ0v) is 16.8. The number of carbonyl (C=O) groups excluding carboxylic acids is 1. The van der Waals surface area contributed by atoms with Gasteiger partial charge in [0.2, 0.25) is 0 Å². The van der Waals surface area contributed by atoms with Gasteiger partial charge in [-0.1, -0.05) is 37.5 Å². The molecule has 4 rings (SSSR count). The predicted molar refractivity (Wildman–Crippen MR) is 113 cm³/mol. The molecule has 0 bridgehead atoms. The number of hydrogen-bond donors (Lipinski definition) is 0. The number of para-hydroxylation sites is 1. The lowest BCUT2D eigenvalue weighted by molar-refractivity contribution is 0.0990. The molecule has 0 radical (unpaired) electrons. The molecular weight excluding hydrogens is 348 g/mol. The highest BCUT2D eigenvalue weighted by molar-refractivity contribution is 6.05. The number of pyridine rings is 1. The van der Waals surface area contributed by atoms with Crippen LogP contribution in [0, 0.1) is 5.92 Å². The van der Waals surface area contributed by atoms with Gasteiger partial charge in [0.1, 0.15) is 5.56 Å². The van der Waals surface area contributed by atoms with E-state index in [4.69, 9.17) is 0 Å². The van der Waals surface area contributed by atoms with E-state index in [0.717, 1.165) is 37.9 Å². The summed E-state index contributed by atoms with van der Waals surface area (Å²) < 4.78 is 1.97. The summed E-state index contributed by atoms with van der Waals surface area (Å²) >= 11 is 0. The van der Waals surface area contributed by atoms with Gasteiger partial charge >= 0.3 is 0 Å². The van der Waals surface area contributed by atoms with E-state index >= 15 is 0 Å². The molecule has 2 aliphatic rings. The first-order chi connectivity index (χ1) is 13.6. The summed E-state index contributed by atoms with van der Waals surface area (Å²) in [5.74, 6) is 0.358. The number of hydrogen-bond acceptors (Lipinski definition) is 2. The third kappa shape index (κ3) is 3.78. The van der Waals surface area contributed by atoms with Crippen molar-refractivity contribution in [3.05, 3.63) is 63.6 Å². The smallest absolute Gasteiger partial charge is 0.263 e. The van der Waals surface area contributed by atoms with Gasteiger partial charge in [-0.2, -0.15) is 0 Å². The molecule has 28 heavy (non-hydrogen) atoms. The lowest BCUT2D eigenvalue weighted by atomic mass is 9.88. The first-order valence-electron chi connectivity index (χ1n) is 10.7. The predicted octanol–water partition coefficient (Wildman–Crippen LogP) is 4.58. The van der Waals surface area contributed by atoms with E-state index in [-0.39, 0.29) is 11.5 Å². The first kappa shape index (κ1) is 19.0. The van der Waals surface area contributed by atoms with Gasteiger partial charge in [-0.15, -0.1) is 0 Å². The van der Waals surface area contributed by atoms with Crippen LogP contribution in [-0.4, -0.2) is 17.5 Å². The van der Waals surface area contributed by atoms with Crippen molar-refractivity contribution in [2.75, 3.05) is 11.9 Å². The van der Waals surface area contributed by atoms with Crippen LogP contribution in [0.4, 0.5) is 5.69 Å². The number of benzene rings is 1. The van der Waals surface area contributed by atoms with Crippen molar-refractivity contribution in [2.24, 2.45) is 5.92 Å². The van der Waals surface area contributed by atoms with E-state index in [0.29, 0.717) is 11.5 Å². The molecule has 0 N–H and O–H groups in total. The zero-order chi connectivity index (χ0) is 19.5. The summed E-state index contributed by atoms with van der Waals surface area (Å²) in [5, 5.41) is 0. The third-order valence-corrected chi connectivity index (χ3v) is 6.44. The lowest BCUT2D eigenvalue weighted by Gasteiger charge is -2.28. The SMILES string of the molecule is CN(C(=O)c1cc2c(n(CC3CCCCC3)c1=O)CCCC2)c1ccccc1. The van der Waals surface area contributed by atoms with Crippen LogP contribution in [0.2, 0.25) is 0 Å². The minimum absolute atomic E-state index is 0.0981. The topological polar surface area (TPSA) is 42.3 Å². The highest BCUT2D eigenvalue weighted by Gasteiger charge is 2.25. The van der Waals surface area contributed by atoms with E-state index < -0.39 is 0 Å². The fraction of sp³-hybridized carbons (Fsp3) is 0.500. The Morgan fingerprint density at radius 3 is 2.50 bits per heavy atom. The summed E-state index contributed by atoms with van der Waals surface area (Å²) in [4.78, 5) is 28.2. The largest absolute Gasteiger partial charge is 0.311 e. The molecule has 0 unspecified atom stereocenters. The molecular formula is C24H30N2O2. The molecule has 0 aliphatic heterocycles. The van der Waals surface area contributed by atoms with Crippen molar-refractivity contribution in [3.8, 4) is 0 Å². The van der Waals surface area contributed by atoms with Crippen LogP contribution in [-0.2, 0) is 19.4 Å². The number of aromatic nitrogens is 1. The second-order valence-electron chi connectivity index (χ2n) is 8.36. The quantitative estimate of drug-likeness (QED) is 0.781. The minimum atomic E-state index is -0.207. The fourth-order valence-electron chi connectivity index (χ4n) is 4.80. The molecule has 2 aliphatic carbocycles. The summed E-state index contributed by atoms with van der Waals surface area (Å²) in [7, 11) is 1.75. The van der Waals surface area contributed by atoms with E-state index in [1.165, 1.54) is 43.4 Å². The van der Waals surface area contributed by atoms with Crippen molar-refractivity contribution in [2.45, 2.75) is 64.3 Å². The fourth-order valence-corrected chi connectivity index (χ4v) is 4.80. The summed E-state index contributed by atoms with van der Waals surface area (Å²) in [6.45, 7) is 0.775. The van der Waals surface area contributed by atoms with Crippen LogP contribution < -0.4 is 10.5 Å². The Kier molecular flexibility index (Phi) is 5.65. The number of amides is 1. The van der Waals surface area contributed by atoms with Crippen molar-refractivity contribution >= 4 is 11.6 Å². The van der Waals surface area contributed by atoms with Crippen molar-refractivity contribution in [3.63, 3.8) is 0 Å².